The van der Waals surface area contributed by atoms with E-state index >= 15 is 0 Å². The number of aromatic nitrogens is 3. The monoisotopic (exact) mass is 294 g/mol. The van der Waals surface area contributed by atoms with E-state index in [4.69, 9.17) is 18.0 Å². The maximum absolute atomic E-state index is 11.3. The van der Waals surface area contributed by atoms with Gasteiger partial charge < -0.3 is 10.7 Å². The van der Waals surface area contributed by atoms with Gasteiger partial charge in [-0.1, -0.05) is 12.1 Å². The number of primary amides is 1. The molecule has 2 aromatic carbocycles. The third-order valence-corrected chi connectivity index (χ3v) is 3.84. The van der Waals surface area contributed by atoms with Crippen molar-refractivity contribution >= 4 is 45.7 Å². The summed E-state index contributed by atoms with van der Waals surface area (Å²) in [7, 11) is 0. The first-order valence-electron chi connectivity index (χ1n) is 6.38. The molecule has 3 N–H and O–H groups in total. The van der Waals surface area contributed by atoms with Crippen LogP contribution in [0.3, 0.4) is 0 Å². The number of nitrogens with zero attached hydrogens (tertiary/aromatic N) is 2. The summed E-state index contributed by atoms with van der Waals surface area (Å²) >= 11 is 5.42. The Kier molecular flexibility index (Phi) is 2.37. The Hall–Kier alpha value is -2.73. The van der Waals surface area contributed by atoms with Crippen molar-refractivity contribution in [3.8, 4) is 0 Å². The quantitative estimate of drug-likeness (QED) is 0.530. The van der Waals surface area contributed by atoms with E-state index < -0.39 is 5.91 Å². The minimum absolute atomic E-state index is 0.439. The molecule has 0 aliphatic carbocycles. The van der Waals surface area contributed by atoms with Crippen LogP contribution in [0, 0.1) is 4.77 Å². The van der Waals surface area contributed by atoms with Gasteiger partial charge in [-0.05, 0) is 42.5 Å². The second-order valence-electron chi connectivity index (χ2n) is 4.81. The van der Waals surface area contributed by atoms with Crippen LogP contribution in [-0.2, 0) is 0 Å². The summed E-state index contributed by atoms with van der Waals surface area (Å²) in [5.41, 5.74) is 9.11. The fourth-order valence-electron chi connectivity index (χ4n) is 2.58. The van der Waals surface area contributed by atoms with Crippen LogP contribution in [0.25, 0.3) is 27.6 Å². The molecule has 0 atom stereocenters. The zero-order chi connectivity index (χ0) is 14.6. The fraction of sp³-hybridized carbons (Fsp3) is 0. The van der Waals surface area contributed by atoms with E-state index in [0.29, 0.717) is 10.3 Å². The first kappa shape index (κ1) is 12.0. The zero-order valence-electron chi connectivity index (χ0n) is 10.8. The second kappa shape index (κ2) is 4.13. The number of hydrogen-bond acceptors (Lipinski definition) is 3. The summed E-state index contributed by atoms with van der Waals surface area (Å²) < 4.78 is 2.43. The van der Waals surface area contributed by atoms with Gasteiger partial charge in [0.2, 0.25) is 5.91 Å². The molecular weight excluding hydrogens is 284 g/mol. The molecule has 0 unspecified atom stereocenters. The number of benzene rings is 2. The van der Waals surface area contributed by atoms with Crippen LogP contribution < -0.4 is 5.73 Å². The minimum Gasteiger partial charge on any atom is -0.366 e. The number of hydrogen-bond donors (Lipinski definition) is 2. The third-order valence-electron chi connectivity index (χ3n) is 3.55. The van der Waals surface area contributed by atoms with Crippen molar-refractivity contribution in [2.24, 2.45) is 5.73 Å². The van der Waals surface area contributed by atoms with Gasteiger partial charge in [0.05, 0.1) is 16.6 Å². The van der Waals surface area contributed by atoms with Gasteiger partial charge in [0.15, 0.2) is 4.77 Å². The fourth-order valence-corrected chi connectivity index (χ4v) is 2.87. The van der Waals surface area contributed by atoms with E-state index in [1.165, 1.54) is 0 Å². The average molecular weight is 294 g/mol. The molecule has 5 nitrogen and oxygen atoms in total. The molecule has 0 aliphatic rings. The molecule has 4 aromatic rings. The molecule has 4 rings (SSSR count). The normalized spacial score (nSPS) is 11.4. The van der Waals surface area contributed by atoms with Crippen molar-refractivity contribution < 1.29 is 4.79 Å². The highest BCUT2D eigenvalue weighted by atomic mass is 32.1. The molecule has 102 valence electrons. The number of carbonyl (C=O) groups excluding carboxylic acids is 1. The second-order valence-corrected chi connectivity index (χ2v) is 5.20. The number of H-pyrrole nitrogens is 1. The summed E-state index contributed by atoms with van der Waals surface area (Å²) in [4.78, 5) is 19.1. The van der Waals surface area contributed by atoms with E-state index in [9.17, 15) is 4.79 Å². The van der Waals surface area contributed by atoms with E-state index in [1.54, 1.807) is 12.1 Å². The van der Waals surface area contributed by atoms with Crippen molar-refractivity contribution in [3.63, 3.8) is 0 Å². The Bertz CT molecular complexity index is 1090. The Balaban J connectivity index is 2.24. The standard InChI is InChI=1S/C15H10N4OS/c16-13(20)8-5-6-9-11(7-8)18-15(21)19-12-4-2-1-3-10(12)17-14(9)19/h1-7H,(H2,16,20)(H,18,21). The summed E-state index contributed by atoms with van der Waals surface area (Å²) in [6.45, 7) is 0. The van der Waals surface area contributed by atoms with E-state index in [1.807, 2.05) is 34.7 Å². The molecule has 0 saturated carbocycles. The smallest absolute Gasteiger partial charge is 0.248 e. The molecule has 0 saturated heterocycles. The number of nitrogens with one attached hydrogen (secondary N) is 1. The number of carbonyl (C=O) groups is 1. The van der Waals surface area contributed by atoms with Gasteiger partial charge in [-0.25, -0.2) is 4.98 Å². The Labute approximate surface area is 124 Å². The summed E-state index contributed by atoms with van der Waals surface area (Å²) in [5.74, 6) is -0.468. The highest BCUT2D eigenvalue weighted by Crippen LogP contribution is 2.24. The van der Waals surface area contributed by atoms with Gasteiger partial charge in [0, 0.05) is 10.9 Å². The van der Waals surface area contributed by atoms with Crippen molar-refractivity contribution in [2.75, 3.05) is 0 Å². The molecule has 0 fully saturated rings. The molecule has 1 amide bonds. The van der Waals surface area contributed by atoms with Crippen molar-refractivity contribution in [3.05, 3.63) is 52.8 Å². The Morgan fingerprint density at radius 2 is 2.05 bits per heavy atom. The number of para-hydroxylation sites is 2. The minimum atomic E-state index is -0.468. The summed E-state index contributed by atoms with van der Waals surface area (Å²) in [6, 6.07) is 13.0. The van der Waals surface area contributed by atoms with Crippen molar-refractivity contribution in [1.29, 1.82) is 0 Å². The molecule has 0 radical (unpaired) electrons. The van der Waals surface area contributed by atoms with Crippen LogP contribution in [0.5, 0.6) is 0 Å². The van der Waals surface area contributed by atoms with Crippen LogP contribution in [0.2, 0.25) is 0 Å². The summed E-state index contributed by atoms with van der Waals surface area (Å²) in [5, 5.41) is 0.893. The SMILES string of the molecule is NC(=O)c1ccc2c(c1)[nH]c(=S)n1c3ccccc3nc21. The van der Waals surface area contributed by atoms with E-state index in [0.717, 1.165) is 27.6 Å². The van der Waals surface area contributed by atoms with Crippen molar-refractivity contribution in [2.45, 2.75) is 0 Å². The lowest BCUT2D eigenvalue weighted by molar-refractivity contribution is 0.100. The molecule has 2 heterocycles. The van der Waals surface area contributed by atoms with E-state index in [-0.39, 0.29) is 0 Å². The predicted octanol–water partition coefficient (Wildman–Crippen LogP) is 2.80. The molecule has 6 heteroatoms. The van der Waals surface area contributed by atoms with Crippen molar-refractivity contribution in [1.82, 2.24) is 14.4 Å². The predicted molar refractivity (Wildman–Crippen MR) is 83.9 cm³/mol. The van der Waals surface area contributed by atoms with E-state index in [2.05, 4.69) is 9.97 Å². The number of fused-ring (bicyclic) bond motifs is 5. The largest absolute Gasteiger partial charge is 0.366 e. The molecule has 0 spiro atoms. The number of nitrogens with two attached hydrogens (primary N) is 1. The topological polar surface area (TPSA) is 76.2 Å². The van der Waals surface area contributed by atoms with Crippen LogP contribution in [0.15, 0.2) is 42.5 Å². The molecule has 0 bridgehead atoms. The Morgan fingerprint density at radius 3 is 2.86 bits per heavy atom. The van der Waals surface area contributed by atoms with Crippen LogP contribution in [0.1, 0.15) is 10.4 Å². The average Bonchev–Trinajstić information content (AvgIpc) is 2.86. The first-order chi connectivity index (χ1) is 10.1. The lowest BCUT2D eigenvalue weighted by Gasteiger charge is -2.04. The van der Waals surface area contributed by atoms with Crippen LogP contribution in [0.4, 0.5) is 0 Å². The highest BCUT2D eigenvalue weighted by Gasteiger charge is 2.11. The lowest BCUT2D eigenvalue weighted by atomic mass is 10.1. The molecule has 2 aromatic heterocycles. The first-order valence-corrected chi connectivity index (χ1v) is 6.79. The molecular formula is C15H10N4OS. The number of amides is 1. The summed E-state index contributed by atoms with van der Waals surface area (Å²) in [6.07, 6.45) is 0. The molecule has 0 aliphatic heterocycles. The van der Waals surface area contributed by atoms with Crippen LogP contribution in [-0.4, -0.2) is 20.3 Å². The van der Waals surface area contributed by atoms with Gasteiger partial charge in [0.25, 0.3) is 0 Å². The van der Waals surface area contributed by atoms with Gasteiger partial charge >= 0.3 is 0 Å². The molecule has 21 heavy (non-hydrogen) atoms. The van der Waals surface area contributed by atoms with Gasteiger partial charge in [-0.15, -0.1) is 0 Å². The number of aromatic amines is 1. The zero-order valence-corrected chi connectivity index (χ0v) is 11.6. The lowest BCUT2D eigenvalue weighted by Crippen LogP contribution is -2.10. The van der Waals surface area contributed by atoms with Gasteiger partial charge in [-0.3, -0.25) is 9.20 Å². The van der Waals surface area contributed by atoms with Crippen LogP contribution >= 0.6 is 12.2 Å². The highest BCUT2D eigenvalue weighted by molar-refractivity contribution is 7.71. The van der Waals surface area contributed by atoms with Gasteiger partial charge in [0.1, 0.15) is 5.65 Å². The Morgan fingerprint density at radius 1 is 1.24 bits per heavy atom. The van der Waals surface area contributed by atoms with Gasteiger partial charge in [-0.2, -0.15) is 0 Å². The third kappa shape index (κ3) is 1.66. The number of rotatable bonds is 1. The maximum Gasteiger partial charge on any atom is 0.248 e. The number of imidazole rings is 1. The maximum atomic E-state index is 11.3.